The standard InChI is InChI=1S/C28H27FN2O5S/c1-37(35,36)30-18-2-3-19-4-12-23(13-5-19)31-27(21-8-14-24(32)15-9-21)25(28(31)34)16-17-26(33)20-6-10-22(29)11-7-20/h4-15,25-27,30,32-33H,16-18H2,1H3/t25?,26-,27+/m0/s1. The number of sulfonamides is 1. The molecule has 3 aromatic rings. The molecule has 1 unspecified atom stereocenters. The number of hydrogen-bond donors (Lipinski definition) is 3. The summed E-state index contributed by atoms with van der Waals surface area (Å²) < 4.78 is 37.8. The van der Waals surface area contributed by atoms with Crippen molar-refractivity contribution in [2.45, 2.75) is 25.0 Å². The Labute approximate surface area is 215 Å². The Hall–Kier alpha value is -3.71. The molecular weight excluding hydrogens is 495 g/mol. The molecule has 3 aromatic carbocycles. The van der Waals surface area contributed by atoms with Crippen molar-refractivity contribution in [1.29, 1.82) is 0 Å². The van der Waals surface area contributed by atoms with Crippen LogP contribution in [0.4, 0.5) is 10.1 Å². The van der Waals surface area contributed by atoms with E-state index >= 15 is 0 Å². The normalized spacial score (nSPS) is 18.0. The number of hydrogen-bond acceptors (Lipinski definition) is 5. The summed E-state index contributed by atoms with van der Waals surface area (Å²) >= 11 is 0. The van der Waals surface area contributed by atoms with Crippen molar-refractivity contribution >= 4 is 21.6 Å². The van der Waals surface area contributed by atoms with Crippen molar-refractivity contribution in [2.24, 2.45) is 5.92 Å². The molecule has 192 valence electrons. The molecule has 1 saturated heterocycles. The van der Waals surface area contributed by atoms with Crippen LogP contribution in [-0.4, -0.2) is 37.3 Å². The third-order valence-electron chi connectivity index (χ3n) is 6.26. The number of carbonyl (C=O) groups is 1. The maximum absolute atomic E-state index is 13.2. The number of aliphatic hydroxyl groups excluding tert-OH is 1. The lowest BCUT2D eigenvalue weighted by molar-refractivity contribution is -0.131. The fourth-order valence-corrected chi connectivity index (χ4v) is 4.71. The largest absolute Gasteiger partial charge is 0.508 e. The summed E-state index contributed by atoms with van der Waals surface area (Å²) in [6, 6.07) is 19.2. The molecule has 3 atom stereocenters. The zero-order chi connectivity index (χ0) is 26.6. The number of phenols is 1. The van der Waals surface area contributed by atoms with Crippen LogP contribution < -0.4 is 9.62 Å². The Morgan fingerprint density at radius 3 is 2.30 bits per heavy atom. The van der Waals surface area contributed by atoms with Crippen LogP contribution in [0.2, 0.25) is 0 Å². The quantitative estimate of drug-likeness (QED) is 0.309. The molecule has 37 heavy (non-hydrogen) atoms. The third-order valence-corrected chi connectivity index (χ3v) is 6.92. The predicted octanol–water partition coefficient (Wildman–Crippen LogP) is 3.65. The Kier molecular flexibility index (Phi) is 7.93. The first-order valence-corrected chi connectivity index (χ1v) is 13.6. The average molecular weight is 523 g/mol. The van der Waals surface area contributed by atoms with Gasteiger partial charge in [-0.1, -0.05) is 36.1 Å². The van der Waals surface area contributed by atoms with Crippen molar-refractivity contribution in [3.63, 3.8) is 0 Å². The van der Waals surface area contributed by atoms with Crippen molar-refractivity contribution in [3.8, 4) is 17.6 Å². The van der Waals surface area contributed by atoms with E-state index in [1.807, 2.05) is 0 Å². The number of rotatable bonds is 8. The van der Waals surface area contributed by atoms with Gasteiger partial charge in [0, 0.05) is 11.3 Å². The van der Waals surface area contributed by atoms with Gasteiger partial charge in [-0.05, 0) is 72.5 Å². The lowest BCUT2D eigenvalue weighted by Crippen LogP contribution is -2.55. The fourth-order valence-electron chi connectivity index (χ4n) is 4.38. The van der Waals surface area contributed by atoms with E-state index in [1.165, 1.54) is 24.3 Å². The molecule has 9 heteroatoms. The summed E-state index contributed by atoms with van der Waals surface area (Å²) in [6.07, 6.45) is 1.00. The van der Waals surface area contributed by atoms with E-state index in [0.29, 0.717) is 29.7 Å². The minimum atomic E-state index is -3.31. The Morgan fingerprint density at radius 1 is 1.03 bits per heavy atom. The molecule has 1 amide bonds. The second-order valence-corrected chi connectivity index (χ2v) is 10.8. The molecule has 0 spiro atoms. The summed E-state index contributed by atoms with van der Waals surface area (Å²) in [7, 11) is -3.31. The molecule has 0 aliphatic carbocycles. The van der Waals surface area contributed by atoms with Crippen LogP contribution in [0.5, 0.6) is 5.75 Å². The number of aromatic hydroxyl groups is 1. The smallest absolute Gasteiger partial charge is 0.233 e. The summed E-state index contributed by atoms with van der Waals surface area (Å²) in [5.74, 6) is 4.91. The van der Waals surface area contributed by atoms with Gasteiger partial charge >= 0.3 is 0 Å². The van der Waals surface area contributed by atoms with Crippen molar-refractivity contribution in [2.75, 3.05) is 17.7 Å². The van der Waals surface area contributed by atoms with Gasteiger partial charge in [-0.25, -0.2) is 17.5 Å². The van der Waals surface area contributed by atoms with E-state index < -0.39 is 16.1 Å². The van der Waals surface area contributed by atoms with Gasteiger partial charge in [-0.3, -0.25) is 4.79 Å². The SMILES string of the molecule is CS(=O)(=O)NCC#Cc1ccc(N2C(=O)C(CC[C@H](O)c3ccc(F)cc3)[C@H]2c2ccc(O)cc2)cc1. The minimum Gasteiger partial charge on any atom is -0.508 e. The van der Waals surface area contributed by atoms with E-state index in [2.05, 4.69) is 16.6 Å². The van der Waals surface area contributed by atoms with Gasteiger partial charge in [-0.2, -0.15) is 0 Å². The van der Waals surface area contributed by atoms with E-state index in [-0.39, 0.29) is 36.0 Å². The number of halogens is 1. The maximum atomic E-state index is 13.2. The molecule has 4 rings (SSSR count). The highest BCUT2D eigenvalue weighted by molar-refractivity contribution is 7.88. The van der Waals surface area contributed by atoms with Gasteiger partial charge in [-0.15, -0.1) is 0 Å². The van der Waals surface area contributed by atoms with Crippen molar-refractivity contribution < 1.29 is 27.8 Å². The molecule has 7 nitrogen and oxygen atoms in total. The van der Waals surface area contributed by atoms with E-state index in [1.54, 1.807) is 53.4 Å². The highest BCUT2D eigenvalue weighted by atomic mass is 32.2. The zero-order valence-electron chi connectivity index (χ0n) is 20.1. The number of nitrogens with one attached hydrogen (secondary N) is 1. The highest BCUT2D eigenvalue weighted by Gasteiger charge is 2.48. The third kappa shape index (κ3) is 6.54. The minimum absolute atomic E-state index is 0.000421. The fraction of sp³-hybridized carbons (Fsp3) is 0.250. The number of anilines is 1. The van der Waals surface area contributed by atoms with Crippen molar-refractivity contribution in [3.05, 3.63) is 95.3 Å². The average Bonchev–Trinajstić information content (AvgIpc) is 2.86. The van der Waals surface area contributed by atoms with E-state index in [0.717, 1.165) is 11.8 Å². The molecule has 0 radical (unpaired) electrons. The van der Waals surface area contributed by atoms with Gasteiger partial charge in [0.2, 0.25) is 15.9 Å². The zero-order valence-corrected chi connectivity index (χ0v) is 21.0. The molecule has 0 aromatic heterocycles. The molecule has 0 bridgehead atoms. The highest BCUT2D eigenvalue weighted by Crippen LogP contribution is 2.46. The van der Waals surface area contributed by atoms with Crippen LogP contribution in [0.1, 0.15) is 41.7 Å². The summed E-state index contributed by atoms with van der Waals surface area (Å²) in [5.41, 5.74) is 2.80. The number of benzene rings is 3. The number of phenolic OH excluding ortho intramolecular Hbond substituents is 1. The summed E-state index contributed by atoms with van der Waals surface area (Å²) in [4.78, 5) is 14.9. The van der Waals surface area contributed by atoms with Gasteiger partial charge in [0.15, 0.2) is 0 Å². The predicted molar refractivity (Wildman–Crippen MR) is 139 cm³/mol. The second-order valence-electron chi connectivity index (χ2n) is 8.94. The number of β-lactam (4-membered cyclic amide) rings is 1. The maximum Gasteiger partial charge on any atom is 0.233 e. The molecule has 1 aliphatic rings. The summed E-state index contributed by atoms with van der Waals surface area (Å²) in [5, 5.41) is 20.3. The van der Waals surface area contributed by atoms with Gasteiger partial charge in [0.25, 0.3) is 0 Å². The molecule has 0 saturated carbocycles. The van der Waals surface area contributed by atoms with Gasteiger partial charge in [0.1, 0.15) is 11.6 Å². The van der Waals surface area contributed by atoms with Crippen LogP contribution in [0, 0.1) is 23.6 Å². The lowest BCUT2D eigenvalue weighted by atomic mass is 9.78. The molecule has 1 heterocycles. The molecule has 1 fully saturated rings. The molecule has 3 N–H and O–H groups in total. The summed E-state index contributed by atoms with van der Waals surface area (Å²) in [6.45, 7) is -0.000421. The van der Waals surface area contributed by atoms with Crippen LogP contribution in [0.15, 0.2) is 72.8 Å². The Balaban J connectivity index is 1.50. The second kappa shape index (κ2) is 11.1. The molecule has 1 aliphatic heterocycles. The van der Waals surface area contributed by atoms with Gasteiger partial charge < -0.3 is 15.1 Å². The number of nitrogens with zero attached hydrogens (tertiary/aromatic N) is 1. The Bertz CT molecular complexity index is 1410. The topological polar surface area (TPSA) is 107 Å². The lowest BCUT2D eigenvalue weighted by Gasteiger charge is -2.48. The Morgan fingerprint density at radius 2 is 1.68 bits per heavy atom. The first-order chi connectivity index (χ1) is 17.6. The number of aliphatic hydroxyl groups is 1. The van der Waals surface area contributed by atoms with Crippen molar-refractivity contribution in [1.82, 2.24) is 4.72 Å². The van der Waals surface area contributed by atoms with Crippen LogP contribution in [0.3, 0.4) is 0 Å². The monoisotopic (exact) mass is 522 g/mol. The number of amides is 1. The first kappa shape index (κ1) is 26.4. The first-order valence-electron chi connectivity index (χ1n) is 11.7. The van der Waals surface area contributed by atoms with Crippen LogP contribution >= 0.6 is 0 Å². The van der Waals surface area contributed by atoms with E-state index in [9.17, 15) is 27.8 Å². The van der Waals surface area contributed by atoms with E-state index in [4.69, 9.17) is 0 Å². The van der Waals surface area contributed by atoms with Crippen LogP contribution in [0.25, 0.3) is 0 Å². The van der Waals surface area contributed by atoms with Gasteiger partial charge in [0.05, 0.1) is 30.9 Å². The number of carbonyl (C=O) groups excluding carboxylic acids is 1. The van der Waals surface area contributed by atoms with Crippen LogP contribution in [-0.2, 0) is 14.8 Å². The molecular formula is C28H27FN2O5S.